The molecule has 4 saturated carbocycles. The molecule has 166 valence electrons. The number of carbonyl (C=O) groups is 2. The molecular weight excluding hydrogens is 398 g/mol. The Kier molecular flexibility index (Phi) is 4.90. The van der Waals surface area contributed by atoms with E-state index in [9.17, 15) is 19.7 Å². The molecule has 8 heteroatoms. The Morgan fingerprint density at radius 1 is 1.00 bits per heavy atom. The second-order valence-corrected chi connectivity index (χ2v) is 9.93. The van der Waals surface area contributed by atoms with Gasteiger partial charge >= 0.3 is 5.69 Å². The highest BCUT2D eigenvalue weighted by molar-refractivity contribution is 5.95. The summed E-state index contributed by atoms with van der Waals surface area (Å²) in [6.45, 7) is 1.97. The number of nitro groups is 1. The van der Waals surface area contributed by atoms with Crippen molar-refractivity contribution in [3.8, 4) is 5.75 Å². The maximum absolute atomic E-state index is 13.5. The van der Waals surface area contributed by atoms with Crippen molar-refractivity contribution >= 4 is 17.5 Å². The zero-order valence-electron chi connectivity index (χ0n) is 17.9. The Hall–Kier alpha value is -2.64. The standard InChI is InChI=1S/C23H29N3O5/c1-31-20-3-2-18(11-19(20)26(29)30)21(27)24-4-6-25(7-5-24)22(28)23-12-15-8-16(13-23)10-17(9-15)14-23/h2-3,11,15-17H,4-10,12-14H2,1H3. The first-order valence-corrected chi connectivity index (χ1v) is 11.3. The van der Waals surface area contributed by atoms with Crippen molar-refractivity contribution in [2.75, 3.05) is 33.3 Å². The predicted molar refractivity (Wildman–Crippen MR) is 113 cm³/mol. The fourth-order valence-corrected chi connectivity index (χ4v) is 6.97. The van der Waals surface area contributed by atoms with Crippen molar-refractivity contribution in [2.24, 2.45) is 23.2 Å². The SMILES string of the molecule is COc1ccc(C(=O)N2CCN(C(=O)C34CC5CC(CC(C5)C3)C4)CC2)cc1[N+](=O)[O-]. The van der Waals surface area contributed by atoms with E-state index in [1.54, 1.807) is 11.0 Å². The molecule has 0 N–H and O–H groups in total. The van der Waals surface area contributed by atoms with Gasteiger partial charge in [0.15, 0.2) is 5.75 Å². The highest BCUT2D eigenvalue weighted by Crippen LogP contribution is 2.60. The molecule has 31 heavy (non-hydrogen) atoms. The van der Waals surface area contributed by atoms with Crippen molar-refractivity contribution in [3.05, 3.63) is 33.9 Å². The third-order valence-electron chi connectivity index (χ3n) is 7.97. The second-order valence-electron chi connectivity index (χ2n) is 9.93. The number of methoxy groups -OCH3 is 1. The first-order valence-electron chi connectivity index (χ1n) is 11.3. The number of rotatable bonds is 4. The Balaban J connectivity index is 1.25. The van der Waals surface area contributed by atoms with E-state index in [1.807, 2.05) is 4.90 Å². The van der Waals surface area contributed by atoms with Crippen LogP contribution in [0.4, 0.5) is 5.69 Å². The molecule has 5 fully saturated rings. The Bertz CT molecular complexity index is 887. The van der Waals surface area contributed by atoms with Gasteiger partial charge in [0.25, 0.3) is 5.91 Å². The van der Waals surface area contributed by atoms with E-state index in [0.29, 0.717) is 32.1 Å². The van der Waals surface area contributed by atoms with E-state index >= 15 is 0 Å². The number of carbonyl (C=O) groups excluding carboxylic acids is 2. The van der Waals surface area contributed by atoms with Gasteiger partial charge < -0.3 is 14.5 Å². The molecule has 6 rings (SSSR count). The van der Waals surface area contributed by atoms with E-state index in [4.69, 9.17) is 4.74 Å². The molecule has 8 nitrogen and oxygen atoms in total. The van der Waals surface area contributed by atoms with Crippen molar-refractivity contribution in [1.29, 1.82) is 0 Å². The van der Waals surface area contributed by atoms with Crippen molar-refractivity contribution in [2.45, 2.75) is 38.5 Å². The number of ether oxygens (including phenoxy) is 1. The normalized spacial score (nSPS) is 31.6. The largest absolute Gasteiger partial charge is 0.490 e. The number of amides is 2. The smallest absolute Gasteiger partial charge is 0.311 e. The van der Waals surface area contributed by atoms with Crippen LogP contribution < -0.4 is 4.74 Å². The van der Waals surface area contributed by atoms with Gasteiger partial charge in [-0.3, -0.25) is 19.7 Å². The first-order chi connectivity index (χ1) is 14.9. The molecule has 1 aliphatic heterocycles. The molecule has 1 aromatic carbocycles. The van der Waals surface area contributed by atoms with E-state index < -0.39 is 4.92 Å². The minimum atomic E-state index is -0.544. The molecule has 0 spiro atoms. The lowest BCUT2D eigenvalue weighted by atomic mass is 9.49. The van der Waals surface area contributed by atoms with Crippen molar-refractivity contribution in [1.82, 2.24) is 9.80 Å². The summed E-state index contributed by atoms with van der Waals surface area (Å²) in [5.74, 6) is 2.37. The monoisotopic (exact) mass is 427 g/mol. The summed E-state index contributed by atoms with van der Waals surface area (Å²) in [6, 6.07) is 4.29. The average Bonchev–Trinajstić information content (AvgIpc) is 2.77. The van der Waals surface area contributed by atoms with Crippen LogP contribution in [0.25, 0.3) is 0 Å². The van der Waals surface area contributed by atoms with Gasteiger partial charge in [0.2, 0.25) is 5.91 Å². The van der Waals surface area contributed by atoms with Crippen LogP contribution in [0.5, 0.6) is 5.75 Å². The van der Waals surface area contributed by atoms with Crippen LogP contribution in [0.15, 0.2) is 18.2 Å². The maximum Gasteiger partial charge on any atom is 0.311 e. The van der Waals surface area contributed by atoms with E-state index in [1.165, 1.54) is 38.5 Å². The van der Waals surface area contributed by atoms with Crippen LogP contribution in [-0.4, -0.2) is 59.8 Å². The van der Waals surface area contributed by atoms with Crippen LogP contribution in [0, 0.1) is 33.3 Å². The predicted octanol–water partition coefficient (Wildman–Crippen LogP) is 3.10. The lowest BCUT2D eigenvalue weighted by molar-refractivity contribution is -0.385. The first kappa shape index (κ1) is 20.3. The molecule has 5 aliphatic rings. The minimum Gasteiger partial charge on any atom is -0.490 e. The molecule has 0 atom stereocenters. The van der Waals surface area contributed by atoms with Gasteiger partial charge in [-0.05, 0) is 68.4 Å². The average molecular weight is 428 g/mol. The van der Waals surface area contributed by atoms with Crippen LogP contribution in [0.2, 0.25) is 0 Å². The molecule has 4 bridgehead atoms. The lowest BCUT2D eigenvalue weighted by Gasteiger charge is -2.57. The fourth-order valence-electron chi connectivity index (χ4n) is 6.97. The summed E-state index contributed by atoms with van der Waals surface area (Å²) in [6.07, 6.45) is 7.07. The summed E-state index contributed by atoms with van der Waals surface area (Å²) in [5, 5.41) is 11.3. The molecule has 0 radical (unpaired) electrons. The van der Waals surface area contributed by atoms with Crippen LogP contribution in [0.1, 0.15) is 48.9 Å². The third kappa shape index (κ3) is 3.46. The van der Waals surface area contributed by atoms with Crippen molar-refractivity contribution < 1.29 is 19.2 Å². The number of nitro benzene ring substituents is 1. The van der Waals surface area contributed by atoms with Crippen LogP contribution in [-0.2, 0) is 4.79 Å². The molecule has 1 heterocycles. The Labute approximate surface area is 181 Å². The molecule has 4 aliphatic carbocycles. The highest BCUT2D eigenvalue weighted by Gasteiger charge is 2.55. The van der Waals surface area contributed by atoms with Gasteiger partial charge in [0, 0.05) is 37.8 Å². The van der Waals surface area contributed by atoms with Crippen LogP contribution >= 0.6 is 0 Å². The molecule has 0 unspecified atom stereocenters. The van der Waals surface area contributed by atoms with Gasteiger partial charge in [-0.1, -0.05) is 0 Å². The van der Waals surface area contributed by atoms with E-state index in [0.717, 1.165) is 37.0 Å². The minimum absolute atomic E-state index is 0.132. The number of piperazine rings is 1. The fraction of sp³-hybridized carbons (Fsp3) is 0.652. The zero-order valence-corrected chi connectivity index (χ0v) is 17.9. The molecule has 2 amide bonds. The van der Waals surface area contributed by atoms with Gasteiger partial charge in [0.05, 0.1) is 17.4 Å². The lowest BCUT2D eigenvalue weighted by Crippen LogP contribution is -2.58. The van der Waals surface area contributed by atoms with E-state index in [-0.39, 0.29) is 28.3 Å². The quantitative estimate of drug-likeness (QED) is 0.544. The topological polar surface area (TPSA) is 93.0 Å². The Morgan fingerprint density at radius 3 is 2.06 bits per heavy atom. The molecule has 0 aromatic heterocycles. The van der Waals surface area contributed by atoms with Crippen molar-refractivity contribution in [3.63, 3.8) is 0 Å². The van der Waals surface area contributed by atoms with Gasteiger partial charge in [-0.25, -0.2) is 0 Å². The molecular formula is C23H29N3O5. The highest BCUT2D eigenvalue weighted by atomic mass is 16.6. The van der Waals surface area contributed by atoms with Crippen LogP contribution in [0.3, 0.4) is 0 Å². The number of nitrogens with zero attached hydrogens (tertiary/aromatic N) is 3. The van der Waals surface area contributed by atoms with Gasteiger partial charge in [0.1, 0.15) is 0 Å². The zero-order chi connectivity index (χ0) is 21.8. The summed E-state index contributed by atoms with van der Waals surface area (Å²) in [4.78, 5) is 40.8. The summed E-state index contributed by atoms with van der Waals surface area (Å²) < 4.78 is 5.02. The number of hydrogen-bond acceptors (Lipinski definition) is 5. The van der Waals surface area contributed by atoms with Gasteiger partial charge in [-0.2, -0.15) is 0 Å². The summed E-state index contributed by atoms with van der Waals surface area (Å²) in [7, 11) is 1.36. The summed E-state index contributed by atoms with van der Waals surface area (Å²) in [5.41, 5.74) is -0.102. The molecule has 1 saturated heterocycles. The second kappa shape index (κ2) is 7.50. The summed E-state index contributed by atoms with van der Waals surface area (Å²) >= 11 is 0. The van der Waals surface area contributed by atoms with Gasteiger partial charge in [-0.15, -0.1) is 0 Å². The Morgan fingerprint density at radius 2 is 1.55 bits per heavy atom. The third-order valence-corrected chi connectivity index (χ3v) is 7.97. The maximum atomic E-state index is 13.5. The molecule has 1 aromatic rings. The van der Waals surface area contributed by atoms with E-state index in [2.05, 4.69) is 0 Å². The number of benzene rings is 1. The number of hydrogen-bond donors (Lipinski definition) is 0.